The summed E-state index contributed by atoms with van der Waals surface area (Å²) in [6.07, 6.45) is 1.94. The van der Waals surface area contributed by atoms with E-state index in [2.05, 4.69) is 10.5 Å². The molecule has 0 radical (unpaired) electrons. The molecule has 0 saturated heterocycles. The Labute approximate surface area is 172 Å². The first-order valence-corrected chi connectivity index (χ1v) is 11.7. The Kier molecular flexibility index (Phi) is 5.68. The summed E-state index contributed by atoms with van der Waals surface area (Å²) in [6, 6.07) is 1.57. The van der Waals surface area contributed by atoms with Gasteiger partial charge in [-0.05, 0) is 37.0 Å². The molecule has 3 rings (SSSR count). The average molecular weight is 426 g/mol. The number of nitrogens with zero attached hydrogens (tertiary/aromatic N) is 2. The lowest BCUT2D eigenvalue weighted by Gasteiger charge is -2.37. The second-order valence-corrected chi connectivity index (χ2v) is 11.4. The van der Waals surface area contributed by atoms with E-state index >= 15 is 0 Å². The van der Waals surface area contributed by atoms with Crippen LogP contribution in [0.3, 0.4) is 0 Å². The summed E-state index contributed by atoms with van der Waals surface area (Å²) in [7, 11) is -3.82. The van der Waals surface area contributed by atoms with Crippen molar-refractivity contribution in [3.63, 3.8) is 0 Å². The monoisotopic (exact) mass is 425 g/mol. The molecule has 0 aromatic carbocycles. The number of rotatable bonds is 8. The van der Waals surface area contributed by atoms with E-state index < -0.39 is 21.3 Å². The number of carbonyl (C=O) groups is 2. The van der Waals surface area contributed by atoms with E-state index in [0.717, 1.165) is 6.42 Å². The van der Waals surface area contributed by atoms with Gasteiger partial charge >= 0.3 is 0 Å². The molecule has 2 unspecified atom stereocenters. The van der Waals surface area contributed by atoms with Gasteiger partial charge in [0.25, 0.3) is 0 Å². The quantitative estimate of drug-likeness (QED) is 0.686. The largest absolute Gasteiger partial charge is 0.360 e. The number of anilines is 1. The number of aryl methyl sites for hydroxylation is 1. The fourth-order valence-electron chi connectivity index (χ4n) is 4.96. The number of ketones is 1. The van der Waals surface area contributed by atoms with E-state index in [9.17, 15) is 18.0 Å². The summed E-state index contributed by atoms with van der Waals surface area (Å²) < 4.78 is 32.9. The lowest BCUT2D eigenvalue weighted by Crippen LogP contribution is -2.49. The molecule has 2 aliphatic rings. The first-order chi connectivity index (χ1) is 13.4. The van der Waals surface area contributed by atoms with Crippen LogP contribution in [0.2, 0.25) is 0 Å². The zero-order chi connectivity index (χ0) is 21.6. The summed E-state index contributed by atoms with van der Waals surface area (Å²) in [4.78, 5) is 25.3. The van der Waals surface area contributed by atoms with Crippen molar-refractivity contribution in [2.24, 2.45) is 22.7 Å². The van der Waals surface area contributed by atoms with E-state index in [1.165, 1.54) is 4.31 Å². The molecule has 8 nitrogen and oxygen atoms in total. The predicted octanol–water partition coefficient (Wildman–Crippen LogP) is 2.60. The average Bonchev–Trinajstić information content (AvgIpc) is 3.14. The molecule has 29 heavy (non-hydrogen) atoms. The van der Waals surface area contributed by atoms with Gasteiger partial charge in [0.05, 0.1) is 12.3 Å². The number of sulfonamides is 1. The number of fused-ring (bicyclic) bond motifs is 2. The second kappa shape index (κ2) is 7.50. The van der Waals surface area contributed by atoms with Crippen LogP contribution in [0.25, 0.3) is 0 Å². The van der Waals surface area contributed by atoms with Crippen LogP contribution in [0.1, 0.15) is 52.7 Å². The molecule has 1 aromatic rings. The van der Waals surface area contributed by atoms with Gasteiger partial charge in [0.15, 0.2) is 5.82 Å². The number of hydrogen-bond donors (Lipinski definition) is 1. The van der Waals surface area contributed by atoms with E-state index in [0.29, 0.717) is 18.6 Å². The molecule has 2 bridgehead atoms. The summed E-state index contributed by atoms with van der Waals surface area (Å²) in [6.45, 7) is 9.41. The minimum Gasteiger partial charge on any atom is -0.360 e. The van der Waals surface area contributed by atoms with Crippen molar-refractivity contribution < 1.29 is 22.5 Å². The molecular weight excluding hydrogens is 394 g/mol. The van der Waals surface area contributed by atoms with Crippen molar-refractivity contribution >= 4 is 27.5 Å². The zero-order valence-electron chi connectivity index (χ0n) is 17.8. The molecule has 2 aliphatic carbocycles. The van der Waals surface area contributed by atoms with Crippen LogP contribution in [-0.2, 0) is 19.6 Å². The standard InChI is InChI=1S/C20H31N3O5S/c1-13(2)10-23(11-18(25)21-17-8-14(3)28-22-17)29(26,27)12-20-7-6-15(9-16(20)24)19(20,4)5/h8,13,15H,6-7,9-12H2,1-5H3,(H,21,22,25). The fourth-order valence-corrected chi connectivity index (χ4v) is 7.28. The van der Waals surface area contributed by atoms with E-state index in [1.54, 1.807) is 13.0 Å². The van der Waals surface area contributed by atoms with Gasteiger partial charge < -0.3 is 9.84 Å². The second-order valence-electron chi connectivity index (χ2n) is 9.48. The molecule has 1 aromatic heterocycles. The molecule has 0 spiro atoms. The van der Waals surface area contributed by atoms with E-state index in [-0.39, 0.29) is 47.7 Å². The highest BCUT2D eigenvalue weighted by Crippen LogP contribution is 2.64. The van der Waals surface area contributed by atoms with Crippen LogP contribution < -0.4 is 5.32 Å². The predicted molar refractivity (Wildman–Crippen MR) is 109 cm³/mol. The molecule has 2 fully saturated rings. The number of aromatic nitrogens is 1. The van der Waals surface area contributed by atoms with Gasteiger partial charge in [0, 0.05) is 24.4 Å². The number of Topliss-reactive ketones (excluding diaryl/α,β-unsaturated/α-hetero) is 1. The smallest absolute Gasteiger partial charge is 0.240 e. The fraction of sp³-hybridized carbons (Fsp3) is 0.750. The summed E-state index contributed by atoms with van der Waals surface area (Å²) >= 11 is 0. The summed E-state index contributed by atoms with van der Waals surface area (Å²) in [5, 5.41) is 6.28. The molecule has 162 valence electrons. The van der Waals surface area contributed by atoms with Crippen molar-refractivity contribution in [1.29, 1.82) is 0 Å². The highest BCUT2D eigenvalue weighted by molar-refractivity contribution is 7.89. The number of carbonyl (C=O) groups excluding carboxylic acids is 2. The topological polar surface area (TPSA) is 110 Å². The molecule has 1 N–H and O–H groups in total. The molecule has 0 aliphatic heterocycles. The Morgan fingerprint density at radius 3 is 2.59 bits per heavy atom. The highest BCUT2D eigenvalue weighted by atomic mass is 32.2. The van der Waals surface area contributed by atoms with Crippen LogP contribution in [0.5, 0.6) is 0 Å². The lowest BCUT2D eigenvalue weighted by atomic mass is 9.70. The van der Waals surface area contributed by atoms with Gasteiger partial charge in [0.2, 0.25) is 15.9 Å². The van der Waals surface area contributed by atoms with Gasteiger partial charge in [0.1, 0.15) is 11.5 Å². The Bertz CT molecular complexity index is 905. The molecule has 9 heteroatoms. The summed E-state index contributed by atoms with van der Waals surface area (Å²) in [5.41, 5.74) is -1.20. The molecular formula is C20H31N3O5S. The van der Waals surface area contributed by atoms with Gasteiger partial charge in [-0.3, -0.25) is 9.59 Å². The van der Waals surface area contributed by atoms with Crippen LogP contribution in [-0.4, -0.2) is 48.4 Å². The third kappa shape index (κ3) is 3.99. The molecule has 2 atom stereocenters. The maximum Gasteiger partial charge on any atom is 0.240 e. The zero-order valence-corrected chi connectivity index (χ0v) is 18.6. The van der Waals surface area contributed by atoms with Crippen molar-refractivity contribution in [2.45, 2.75) is 53.9 Å². The molecule has 1 heterocycles. The van der Waals surface area contributed by atoms with Crippen molar-refractivity contribution in [3.05, 3.63) is 11.8 Å². The van der Waals surface area contributed by atoms with Crippen molar-refractivity contribution in [2.75, 3.05) is 24.2 Å². The number of amides is 1. The van der Waals surface area contributed by atoms with Gasteiger partial charge in [-0.2, -0.15) is 4.31 Å². The normalized spacial score (nSPS) is 25.9. The third-order valence-corrected chi connectivity index (χ3v) is 8.67. The van der Waals surface area contributed by atoms with Gasteiger partial charge in [-0.1, -0.05) is 32.9 Å². The first-order valence-electron chi connectivity index (χ1n) is 10.1. The number of hydrogen-bond acceptors (Lipinski definition) is 6. The van der Waals surface area contributed by atoms with Gasteiger partial charge in [-0.15, -0.1) is 0 Å². The molecule has 2 saturated carbocycles. The first kappa shape index (κ1) is 22.0. The van der Waals surface area contributed by atoms with Crippen LogP contribution in [0, 0.1) is 29.6 Å². The van der Waals surface area contributed by atoms with E-state index in [1.807, 2.05) is 27.7 Å². The van der Waals surface area contributed by atoms with Crippen LogP contribution in [0.15, 0.2) is 10.6 Å². The maximum absolute atomic E-state index is 13.4. The Hall–Kier alpha value is -1.74. The summed E-state index contributed by atoms with van der Waals surface area (Å²) in [5.74, 6) is 0.402. The van der Waals surface area contributed by atoms with Gasteiger partial charge in [-0.25, -0.2) is 8.42 Å². The highest BCUT2D eigenvalue weighted by Gasteiger charge is 2.65. The Balaban J connectivity index is 1.80. The number of nitrogens with one attached hydrogen (secondary N) is 1. The molecule has 1 amide bonds. The van der Waals surface area contributed by atoms with Crippen LogP contribution in [0.4, 0.5) is 5.82 Å². The Morgan fingerprint density at radius 2 is 2.10 bits per heavy atom. The minimum absolute atomic E-state index is 0.0352. The third-order valence-electron chi connectivity index (χ3n) is 6.75. The minimum atomic E-state index is -3.82. The van der Waals surface area contributed by atoms with Crippen LogP contribution >= 0.6 is 0 Å². The maximum atomic E-state index is 13.4. The van der Waals surface area contributed by atoms with E-state index in [4.69, 9.17) is 4.52 Å². The SMILES string of the molecule is Cc1cc(NC(=O)CN(CC(C)C)S(=O)(=O)CC23CCC(CC2=O)C3(C)C)no1. The van der Waals surface area contributed by atoms with Crippen molar-refractivity contribution in [1.82, 2.24) is 9.46 Å². The van der Waals surface area contributed by atoms with Crippen molar-refractivity contribution in [3.8, 4) is 0 Å². The lowest BCUT2D eigenvalue weighted by molar-refractivity contribution is -0.128. The Morgan fingerprint density at radius 1 is 1.41 bits per heavy atom.